The number of aromatic nitrogens is 1. The summed E-state index contributed by atoms with van der Waals surface area (Å²) in [4.78, 5) is 25.8. The molecule has 0 aliphatic carbocycles. The summed E-state index contributed by atoms with van der Waals surface area (Å²) in [5.74, 6) is 0.618. The Hall–Kier alpha value is -3.28. The van der Waals surface area contributed by atoms with E-state index in [9.17, 15) is 9.59 Å². The first-order chi connectivity index (χ1) is 13.0. The zero-order valence-electron chi connectivity index (χ0n) is 15.4. The summed E-state index contributed by atoms with van der Waals surface area (Å²) >= 11 is 0. The molecule has 1 atom stereocenters. The first kappa shape index (κ1) is 17.1. The molecule has 2 aromatic carbocycles. The minimum atomic E-state index is -0.460. The van der Waals surface area contributed by atoms with Crippen molar-refractivity contribution in [2.75, 3.05) is 19.5 Å². The Morgan fingerprint density at radius 2 is 2.00 bits per heavy atom. The van der Waals surface area contributed by atoms with Gasteiger partial charge in [-0.25, -0.2) is 0 Å². The number of nitrogens with zero attached hydrogens (tertiary/aromatic N) is 1. The van der Waals surface area contributed by atoms with Crippen LogP contribution >= 0.6 is 0 Å². The summed E-state index contributed by atoms with van der Waals surface area (Å²) in [5.41, 5.74) is 2.40. The van der Waals surface area contributed by atoms with Gasteiger partial charge in [0.15, 0.2) is 0 Å². The van der Waals surface area contributed by atoms with Crippen LogP contribution in [0.25, 0.3) is 10.9 Å². The Labute approximate surface area is 156 Å². The van der Waals surface area contributed by atoms with Crippen LogP contribution in [0.5, 0.6) is 11.5 Å². The highest BCUT2D eigenvalue weighted by Crippen LogP contribution is 2.32. The average Bonchev–Trinajstić information content (AvgIpc) is 3.00. The third kappa shape index (κ3) is 2.73. The van der Waals surface area contributed by atoms with Crippen molar-refractivity contribution >= 4 is 22.5 Å². The predicted molar refractivity (Wildman–Crippen MR) is 104 cm³/mol. The largest absolute Gasteiger partial charge is 0.497 e. The molecule has 0 fully saturated rings. The van der Waals surface area contributed by atoms with Gasteiger partial charge in [0.1, 0.15) is 17.1 Å². The molecule has 0 radical (unpaired) electrons. The maximum atomic E-state index is 12.9. The van der Waals surface area contributed by atoms with Crippen LogP contribution in [-0.4, -0.2) is 24.7 Å². The average molecular weight is 364 g/mol. The number of benzene rings is 2. The topological polar surface area (TPSA) is 69.6 Å². The second-order valence-electron chi connectivity index (χ2n) is 6.67. The zero-order chi connectivity index (χ0) is 19.1. The Morgan fingerprint density at radius 1 is 1.19 bits per heavy atom. The lowest BCUT2D eigenvalue weighted by atomic mass is 10.1. The number of hydrogen-bond donors (Lipinski definition) is 1. The van der Waals surface area contributed by atoms with E-state index in [0.717, 1.165) is 17.5 Å². The maximum Gasteiger partial charge on any atom is 0.261 e. The maximum absolute atomic E-state index is 12.9. The number of rotatable bonds is 4. The van der Waals surface area contributed by atoms with Crippen molar-refractivity contribution < 1.29 is 14.3 Å². The molecule has 1 N–H and O–H groups in total. The molecule has 6 heteroatoms. The smallest absolute Gasteiger partial charge is 0.261 e. The Balaban J connectivity index is 1.77. The number of methoxy groups -OCH3 is 2. The third-order valence-corrected chi connectivity index (χ3v) is 5.03. The lowest BCUT2D eigenvalue weighted by Gasteiger charge is -2.14. The second-order valence-corrected chi connectivity index (χ2v) is 6.67. The quantitative estimate of drug-likeness (QED) is 0.770. The number of carbonyl (C=O) groups excluding carboxylic acids is 1. The molecule has 27 heavy (non-hydrogen) atoms. The van der Waals surface area contributed by atoms with Crippen molar-refractivity contribution in [3.05, 3.63) is 63.9 Å². The summed E-state index contributed by atoms with van der Waals surface area (Å²) in [6, 6.07) is 11.0. The van der Waals surface area contributed by atoms with E-state index in [2.05, 4.69) is 12.2 Å². The predicted octanol–water partition coefficient (Wildman–Crippen LogP) is 3.39. The summed E-state index contributed by atoms with van der Waals surface area (Å²) in [6.07, 6.45) is 2.52. The monoisotopic (exact) mass is 364 g/mol. The number of amides is 1. The van der Waals surface area contributed by atoms with Gasteiger partial charge in [-0.1, -0.05) is 12.1 Å². The number of para-hydroxylation sites is 1. The van der Waals surface area contributed by atoms with Crippen molar-refractivity contribution in [1.29, 1.82) is 0 Å². The number of nitrogens with one attached hydrogen (secondary N) is 1. The van der Waals surface area contributed by atoms with Gasteiger partial charge in [0.2, 0.25) is 5.43 Å². The number of hydrogen-bond acceptors (Lipinski definition) is 4. The molecule has 0 unspecified atom stereocenters. The number of pyridine rings is 1. The van der Waals surface area contributed by atoms with Crippen LogP contribution in [0.2, 0.25) is 0 Å². The van der Waals surface area contributed by atoms with Crippen LogP contribution in [0.1, 0.15) is 28.9 Å². The van der Waals surface area contributed by atoms with Gasteiger partial charge in [0, 0.05) is 23.7 Å². The first-order valence-electron chi connectivity index (χ1n) is 8.73. The van der Waals surface area contributed by atoms with Gasteiger partial charge in [-0.05, 0) is 37.1 Å². The van der Waals surface area contributed by atoms with Crippen molar-refractivity contribution in [1.82, 2.24) is 4.57 Å². The van der Waals surface area contributed by atoms with Gasteiger partial charge in [-0.2, -0.15) is 0 Å². The molecular formula is C21H20N2O4. The minimum absolute atomic E-state index is 0.117. The first-order valence-corrected chi connectivity index (χ1v) is 8.73. The number of ether oxygens (including phenoxy) is 2. The highest BCUT2D eigenvalue weighted by atomic mass is 16.5. The van der Waals surface area contributed by atoms with Gasteiger partial charge >= 0.3 is 0 Å². The summed E-state index contributed by atoms with van der Waals surface area (Å²) in [5, 5.41) is 3.36. The second kappa shape index (κ2) is 6.46. The van der Waals surface area contributed by atoms with Gasteiger partial charge in [0.05, 0.1) is 25.4 Å². The van der Waals surface area contributed by atoms with E-state index in [-0.39, 0.29) is 17.0 Å². The van der Waals surface area contributed by atoms with Crippen molar-refractivity contribution in [3.63, 3.8) is 0 Å². The van der Waals surface area contributed by atoms with E-state index in [0.29, 0.717) is 22.6 Å². The highest BCUT2D eigenvalue weighted by Gasteiger charge is 2.24. The van der Waals surface area contributed by atoms with Crippen molar-refractivity contribution in [3.8, 4) is 11.5 Å². The molecule has 1 aliphatic rings. The fourth-order valence-electron chi connectivity index (χ4n) is 3.67. The van der Waals surface area contributed by atoms with Crippen LogP contribution in [0.3, 0.4) is 0 Å². The number of anilines is 1. The fourth-order valence-corrected chi connectivity index (χ4v) is 3.67. The van der Waals surface area contributed by atoms with E-state index < -0.39 is 5.91 Å². The summed E-state index contributed by atoms with van der Waals surface area (Å²) in [6.45, 7) is 2.08. The molecule has 2 heterocycles. The molecule has 0 spiro atoms. The standard InChI is InChI=1S/C21H20N2O4/c1-12-9-13-5-4-6-15-19(13)23(12)11-16(20(15)24)21(25)22-17-8-7-14(26-2)10-18(17)27-3/h4-8,10-12H,9H2,1-3H3,(H,22,25)/t12-/m0/s1. The Bertz CT molecular complexity index is 1120. The van der Waals surface area contributed by atoms with E-state index in [1.165, 1.54) is 7.11 Å². The third-order valence-electron chi connectivity index (χ3n) is 5.03. The Morgan fingerprint density at radius 3 is 2.74 bits per heavy atom. The molecule has 6 nitrogen and oxygen atoms in total. The van der Waals surface area contributed by atoms with Gasteiger partial charge in [-0.15, -0.1) is 0 Å². The van der Waals surface area contributed by atoms with E-state index in [1.807, 2.05) is 16.7 Å². The van der Waals surface area contributed by atoms with Crippen LogP contribution in [-0.2, 0) is 6.42 Å². The zero-order valence-corrected chi connectivity index (χ0v) is 15.4. The van der Waals surface area contributed by atoms with E-state index >= 15 is 0 Å². The molecule has 4 rings (SSSR count). The van der Waals surface area contributed by atoms with E-state index in [1.54, 1.807) is 37.6 Å². The van der Waals surface area contributed by atoms with Crippen molar-refractivity contribution in [2.24, 2.45) is 0 Å². The van der Waals surface area contributed by atoms with Crippen molar-refractivity contribution in [2.45, 2.75) is 19.4 Å². The lowest BCUT2D eigenvalue weighted by Crippen LogP contribution is -2.24. The van der Waals surface area contributed by atoms with E-state index in [4.69, 9.17) is 9.47 Å². The minimum Gasteiger partial charge on any atom is -0.497 e. The molecular weight excluding hydrogens is 344 g/mol. The van der Waals surface area contributed by atoms with Crippen LogP contribution in [0, 0.1) is 0 Å². The van der Waals surface area contributed by atoms with Crippen LogP contribution in [0.4, 0.5) is 5.69 Å². The fraction of sp³-hybridized carbons (Fsp3) is 0.238. The highest BCUT2D eigenvalue weighted by molar-refractivity contribution is 6.06. The Kier molecular flexibility index (Phi) is 4.11. The molecule has 3 aromatic rings. The molecule has 0 saturated heterocycles. The SMILES string of the molecule is COc1ccc(NC(=O)c2cn3c4c(cccc4c2=O)C[C@@H]3C)c(OC)c1. The summed E-state index contributed by atoms with van der Waals surface area (Å²) in [7, 11) is 3.07. The van der Waals surface area contributed by atoms with Gasteiger partial charge < -0.3 is 19.4 Å². The molecule has 0 saturated carbocycles. The van der Waals surface area contributed by atoms with Gasteiger partial charge in [0.25, 0.3) is 5.91 Å². The number of carbonyl (C=O) groups is 1. The molecule has 138 valence electrons. The van der Waals surface area contributed by atoms with Gasteiger partial charge in [-0.3, -0.25) is 9.59 Å². The molecule has 0 bridgehead atoms. The van der Waals surface area contributed by atoms with Crippen LogP contribution in [0.15, 0.2) is 47.4 Å². The normalized spacial score (nSPS) is 15.0. The molecule has 1 aliphatic heterocycles. The molecule has 1 amide bonds. The van der Waals surface area contributed by atoms with Crippen LogP contribution < -0.4 is 20.2 Å². The lowest BCUT2D eigenvalue weighted by molar-refractivity contribution is 0.102. The summed E-state index contributed by atoms with van der Waals surface area (Å²) < 4.78 is 12.5. The molecule has 1 aromatic heterocycles.